The first kappa shape index (κ1) is 18.1. The summed E-state index contributed by atoms with van der Waals surface area (Å²) in [7, 11) is 0. The van der Waals surface area contributed by atoms with Crippen LogP contribution in [0.15, 0.2) is 0 Å². The van der Waals surface area contributed by atoms with Crippen LogP contribution in [0.4, 0.5) is 0 Å². The van der Waals surface area contributed by atoms with Crippen LogP contribution in [0.5, 0.6) is 0 Å². The van der Waals surface area contributed by atoms with Gasteiger partial charge in [0.2, 0.25) is 0 Å². The summed E-state index contributed by atoms with van der Waals surface area (Å²) in [5, 5.41) is 0. The van der Waals surface area contributed by atoms with Crippen molar-refractivity contribution in [1.82, 2.24) is 0 Å². The van der Waals surface area contributed by atoms with Gasteiger partial charge in [0.1, 0.15) is 0 Å². The van der Waals surface area contributed by atoms with Gasteiger partial charge in [-0.3, -0.25) is 0 Å². The maximum absolute atomic E-state index is 2.48. The maximum Gasteiger partial charge on any atom is -0.0354 e. The van der Waals surface area contributed by atoms with Crippen molar-refractivity contribution in [2.75, 3.05) is 0 Å². The van der Waals surface area contributed by atoms with Crippen LogP contribution in [-0.4, -0.2) is 0 Å². The molecule has 0 N–H and O–H groups in total. The van der Waals surface area contributed by atoms with E-state index in [0.29, 0.717) is 21.7 Å². The molecule has 20 heavy (non-hydrogen) atoms. The molecule has 0 radical (unpaired) electrons. The van der Waals surface area contributed by atoms with Gasteiger partial charge in [0, 0.05) is 0 Å². The average Bonchev–Trinajstić information content (AvgIpc) is 2.30. The average molecular weight is 281 g/mol. The van der Waals surface area contributed by atoms with Crippen LogP contribution in [0.1, 0.15) is 107 Å². The minimum absolute atomic E-state index is 0.517. The Balaban J connectivity index is 2.81. The number of hydrogen-bond acceptors (Lipinski definition) is 0. The first-order valence-electron chi connectivity index (χ1n) is 8.83. The number of rotatable bonds is 0. The lowest BCUT2D eigenvalue weighted by Crippen LogP contribution is -2.26. The van der Waals surface area contributed by atoms with Gasteiger partial charge in [-0.25, -0.2) is 0 Å². The maximum atomic E-state index is 2.48. The summed E-state index contributed by atoms with van der Waals surface area (Å²) in [6, 6.07) is 0. The molecular formula is C20H40. The normalized spacial score (nSPS) is 30.0. The van der Waals surface area contributed by atoms with Crippen molar-refractivity contribution in [3.8, 4) is 0 Å². The van der Waals surface area contributed by atoms with Crippen LogP contribution in [0.25, 0.3) is 0 Å². The minimum Gasteiger partial charge on any atom is -0.0599 e. The summed E-state index contributed by atoms with van der Waals surface area (Å²) in [5.41, 5.74) is 2.07. The molecule has 0 atom stereocenters. The van der Waals surface area contributed by atoms with Gasteiger partial charge in [0.15, 0.2) is 0 Å². The predicted octanol–water partition coefficient (Wildman–Crippen LogP) is 7.23. The van der Waals surface area contributed by atoms with Gasteiger partial charge >= 0.3 is 0 Å². The first-order chi connectivity index (χ1) is 8.83. The zero-order valence-corrected chi connectivity index (χ0v) is 15.7. The Kier molecular flexibility index (Phi) is 5.43. The molecule has 0 aromatic rings. The zero-order valence-electron chi connectivity index (χ0n) is 15.7. The van der Waals surface area contributed by atoms with E-state index in [-0.39, 0.29) is 0 Å². The molecule has 0 bridgehead atoms. The monoisotopic (exact) mass is 280 g/mol. The number of hydrogen-bond donors (Lipinski definition) is 0. The zero-order chi connectivity index (χ0) is 15.7. The van der Waals surface area contributed by atoms with E-state index in [1.807, 2.05) is 0 Å². The van der Waals surface area contributed by atoms with Crippen LogP contribution in [0, 0.1) is 21.7 Å². The summed E-state index contributed by atoms with van der Waals surface area (Å²) in [4.78, 5) is 0. The molecule has 0 saturated heterocycles. The topological polar surface area (TPSA) is 0 Å². The van der Waals surface area contributed by atoms with E-state index in [9.17, 15) is 0 Å². The van der Waals surface area contributed by atoms with Crippen molar-refractivity contribution in [1.29, 1.82) is 0 Å². The second kappa shape index (κ2) is 6.01. The van der Waals surface area contributed by atoms with Crippen LogP contribution in [-0.2, 0) is 0 Å². The van der Waals surface area contributed by atoms with Gasteiger partial charge in [0.25, 0.3) is 0 Å². The second-order valence-electron chi connectivity index (χ2n) is 10.7. The van der Waals surface area contributed by atoms with Gasteiger partial charge < -0.3 is 0 Å². The van der Waals surface area contributed by atoms with Gasteiger partial charge in [-0.15, -0.1) is 0 Å². The first-order valence-corrected chi connectivity index (χ1v) is 8.83. The fraction of sp³-hybridized carbons (Fsp3) is 1.00. The molecule has 0 aliphatic heterocycles. The Bertz CT molecular complexity index is 216. The van der Waals surface area contributed by atoms with E-state index in [4.69, 9.17) is 0 Å². The summed E-state index contributed by atoms with van der Waals surface area (Å²) >= 11 is 0. The summed E-state index contributed by atoms with van der Waals surface area (Å²) in [6.07, 6.45) is 11.1. The standard InChI is InChI=1S/C20H40/c1-17(2)9-11-18(3,4)13-15-20(7,8)16-14-19(5,6)12-10-17/h9-16H2,1-8H3. The highest BCUT2D eigenvalue weighted by atomic mass is 14.4. The molecular weight excluding hydrogens is 240 g/mol. The molecule has 1 saturated carbocycles. The van der Waals surface area contributed by atoms with E-state index in [0.717, 1.165) is 0 Å². The molecule has 0 aromatic heterocycles. The lowest BCUT2D eigenvalue weighted by molar-refractivity contribution is 0.133. The Morgan fingerprint density at radius 2 is 0.400 bits per heavy atom. The van der Waals surface area contributed by atoms with Gasteiger partial charge in [0.05, 0.1) is 0 Å². The predicted molar refractivity (Wildman–Crippen MR) is 92.1 cm³/mol. The summed E-state index contributed by atoms with van der Waals surface area (Å²) in [6.45, 7) is 19.8. The third-order valence-corrected chi connectivity index (χ3v) is 5.91. The van der Waals surface area contributed by atoms with E-state index >= 15 is 0 Å². The fourth-order valence-electron chi connectivity index (χ4n) is 3.21. The summed E-state index contributed by atoms with van der Waals surface area (Å²) < 4.78 is 0. The molecule has 0 spiro atoms. The molecule has 0 unspecified atom stereocenters. The molecule has 0 heteroatoms. The Morgan fingerprint density at radius 3 is 0.500 bits per heavy atom. The van der Waals surface area contributed by atoms with E-state index in [1.54, 1.807) is 0 Å². The van der Waals surface area contributed by atoms with Crippen molar-refractivity contribution in [2.45, 2.75) is 107 Å². The van der Waals surface area contributed by atoms with E-state index in [2.05, 4.69) is 55.4 Å². The lowest BCUT2D eigenvalue weighted by atomic mass is 9.67. The van der Waals surface area contributed by atoms with Gasteiger partial charge in [-0.2, -0.15) is 0 Å². The molecule has 120 valence electrons. The van der Waals surface area contributed by atoms with Crippen molar-refractivity contribution >= 4 is 0 Å². The van der Waals surface area contributed by atoms with Crippen molar-refractivity contribution in [2.24, 2.45) is 21.7 Å². The van der Waals surface area contributed by atoms with Crippen molar-refractivity contribution in [3.05, 3.63) is 0 Å². The van der Waals surface area contributed by atoms with Crippen LogP contribution >= 0.6 is 0 Å². The largest absolute Gasteiger partial charge is 0.0599 e. The fourth-order valence-corrected chi connectivity index (χ4v) is 3.21. The Hall–Kier alpha value is 0. The molecule has 0 amide bonds. The third-order valence-electron chi connectivity index (χ3n) is 5.91. The Morgan fingerprint density at radius 1 is 0.300 bits per heavy atom. The van der Waals surface area contributed by atoms with Crippen LogP contribution < -0.4 is 0 Å². The van der Waals surface area contributed by atoms with Gasteiger partial charge in [-0.1, -0.05) is 55.4 Å². The van der Waals surface area contributed by atoms with Crippen LogP contribution in [0.3, 0.4) is 0 Å². The molecule has 1 aliphatic carbocycles. The van der Waals surface area contributed by atoms with Crippen LogP contribution in [0.2, 0.25) is 0 Å². The molecule has 0 nitrogen and oxygen atoms in total. The molecule has 1 rings (SSSR count). The van der Waals surface area contributed by atoms with Gasteiger partial charge in [-0.05, 0) is 73.0 Å². The molecule has 1 fully saturated rings. The van der Waals surface area contributed by atoms with Crippen molar-refractivity contribution in [3.63, 3.8) is 0 Å². The summed E-state index contributed by atoms with van der Waals surface area (Å²) in [5.74, 6) is 0. The third kappa shape index (κ3) is 6.64. The highest BCUT2D eigenvalue weighted by molar-refractivity contribution is 4.83. The molecule has 0 heterocycles. The van der Waals surface area contributed by atoms with E-state index in [1.165, 1.54) is 51.4 Å². The highest BCUT2D eigenvalue weighted by Gasteiger charge is 2.31. The van der Waals surface area contributed by atoms with Crippen molar-refractivity contribution < 1.29 is 0 Å². The minimum atomic E-state index is 0.517. The lowest BCUT2D eigenvalue weighted by Gasteiger charge is -2.39. The molecule has 0 aromatic carbocycles. The second-order valence-corrected chi connectivity index (χ2v) is 10.7. The van der Waals surface area contributed by atoms with E-state index < -0.39 is 0 Å². The Labute approximate surface area is 129 Å². The highest BCUT2D eigenvalue weighted by Crippen LogP contribution is 2.44. The SMILES string of the molecule is CC1(C)CCC(C)(C)CCC(C)(C)CCC(C)(C)CC1. The smallest absolute Gasteiger partial charge is 0.0354 e. The quantitative estimate of drug-likeness (QED) is 0.439. The molecule has 1 aliphatic rings.